The Morgan fingerprint density at radius 1 is 0.282 bits per heavy atom. The maximum absolute atomic E-state index is 9.14. The number of hydrogen-bond donors (Lipinski definition) is 0. The van der Waals surface area contributed by atoms with Crippen molar-refractivity contribution in [1.29, 1.82) is 31.6 Å². The van der Waals surface area contributed by atoms with Gasteiger partial charge in [0.1, 0.15) is 0 Å². The first-order valence-electron chi connectivity index (χ1n) is 5.25. The molecule has 33 heteroatoms. The van der Waals surface area contributed by atoms with E-state index < -0.39 is 78.2 Å². The molecule has 0 spiro atoms. The predicted molar refractivity (Wildman–Crippen MR) is 59.2 cm³/mol. The van der Waals surface area contributed by atoms with Crippen molar-refractivity contribution in [3.63, 3.8) is 0 Å². The Hall–Kier alpha value is 1.86. The van der Waals surface area contributed by atoms with Crippen molar-refractivity contribution in [2.75, 3.05) is 0 Å². The second-order valence-corrected chi connectivity index (χ2v) is 12.5. The van der Waals surface area contributed by atoms with Crippen molar-refractivity contribution in [3.05, 3.63) is 0 Å². The summed E-state index contributed by atoms with van der Waals surface area (Å²) in [4.78, 5) is 3.47. The summed E-state index contributed by atoms with van der Waals surface area (Å²) in [5.74, 6) is 0. The molecule has 0 amide bonds. The summed E-state index contributed by atoms with van der Waals surface area (Å²) < 4.78 is 165. The Labute approximate surface area is 339 Å². The van der Waals surface area contributed by atoms with Crippen molar-refractivity contribution in [3.8, 4) is 29.8 Å². The summed E-state index contributed by atoms with van der Waals surface area (Å²) in [7, 11) is 0. The zero-order valence-electron chi connectivity index (χ0n) is 17.4. The minimum Gasteiger partial charge on any atom is 2.00 e. The molecule has 39 heavy (non-hydrogen) atoms. The number of nitriles is 6. The van der Waals surface area contributed by atoms with E-state index in [2.05, 4.69) is 0 Å². The van der Waals surface area contributed by atoms with Crippen LogP contribution >= 0.6 is 0 Å². The monoisotopic (exact) mass is 1040 g/mol. The molecule has 0 aliphatic rings. The fraction of sp³-hybridized carbons (Fsp3) is 0. The summed E-state index contributed by atoms with van der Waals surface area (Å²) in [6.07, 6.45) is 0. The van der Waals surface area contributed by atoms with Crippen LogP contribution in [0.25, 0.3) is 0 Å². The summed E-state index contributed by atoms with van der Waals surface area (Å²) in [5, 5.41) is 43.7. The van der Waals surface area contributed by atoms with Crippen molar-refractivity contribution in [1.82, 2.24) is 0 Å². The van der Waals surface area contributed by atoms with Crippen LogP contribution in [0.2, 0.25) is 0 Å². The van der Waals surface area contributed by atoms with E-state index in [1.807, 2.05) is 0 Å². The SMILES string of the molecule is N#[C][Mn](=[O])(=[O])[O-].N#[C][Mn](=[O])(=[O])[O-].N#[C][Mn](=[O])(=[O])[O-].N#[C][Mn](=[O])(=[O])[O-].N#[C][Mn](=[O])(=[O])[O-].N#[C][Mn](=[O])(=[O])[O-].[Sr+2].[Sr+2].[Sr+2]. The molecule has 0 aliphatic heterocycles. The third-order valence-electron chi connectivity index (χ3n) is 0.621. The standard InChI is InChI=1S/6CN.6Mn.18O.3Sr/c6*1-2;;;;;;;;;;;;;;;;;;;;;;;;;;;/q;;;;;;;;;;;;;;;;;;;;;;;;6*-1;3*+2. The van der Waals surface area contributed by atoms with Gasteiger partial charge in [-0.3, -0.25) is 0 Å². The molecular weight excluding hydrogens is 1040 g/mol. The zero-order valence-corrected chi connectivity index (χ0v) is 34.9. The molecule has 0 aromatic carbocycles. The van der Waals surface area contributed by atoms with Crippen molar-refractivity contribution in [2.45, 2.75) is 0 Å². The van der Waals surface area contributed by atoms with Gasteiger partial charge in [-0.1, -0.05) is 0 Å². The maximum atomic E-state index is 9.14. The Kier molecular flexibility index (Phi) is 51.3. The van der Waals surface area contributed by atoms with Gasteiger partial charge in [-0.15, -0.1) is 0 Å². The van der Waals surface area contributed by atoms with Crippen LogP contribution in [0, 0.1) is 61.4 Å². The van der Waals surface area contributed by atoms with E-state index in [4.69, 9.17) is 103 Å². The minimum absolute atomic E-state index is 0. The summed E-state index contributed by atoms with van der Waals surface area (Å²) in [6.45, 7) is 0. The predicted octanol–water partition coefficient (Wildman–Crippen LogP) is -9.62. The average molecular weight is 1040 g/mol. The van der Waals surface area contributed by atoms with Crippen LogP contribution in [0.1, 0.15) is 0 Å². The van der Waals surface area contributed by atoms with Gasteiger partial charge in [-0.25, -0.2) is 0 Å². The van der Waals surface area contributed by atoms with Crippen LogP contribution in [0.4, 0.5) is 0 Å². The van der Waals surface area contributed by atoms with Crippen molar-refractivity contribution in [2.24, 2.45) is 0 Å². The van der Waals surface area contributed by atoms with Gasteiger partial charge >= 0.3 is 347 Å². The molecule has 24 nitrogen and oxygen atoms in total. The van der Waals surface area contributed by atoms with Gasteiger partial charge in [-0.05, 0) is 0 Å². The second-order valence-electron chi connectivity index (χ2n) is 3.03. The summed E-state index contributed by atoms with van der Waals surface area (Å²) in [5.41, 5.74) is 0. The van der Waals surface area contributed by atoms with E-state index in [0.29, 0.717) is 29.8 Å². The first-order valence-corrected chi connectivity index (χ1v) is 17.5. The summed E-state index contributed by atoms with van der Waals surface area (Å²) in [6, 6.07) is 0. The fourth-order valence-corrected chi connectivity index (χ4v) is 0. The van der Waals surface area contributed by atoms with Gasteiger partial charge in [0.05, 0.1) is 0 Å². The Morgan fingerprint density at radius 3 is 0.308 bits per heavy atom. The fourth-order valence-electron chi connectivity index (χ4n) is 0. The third kappa shape index (κ3) is 145. The maximum Gasteiger partial charge on any atom is 2.00 e. The van der Waals surface area contributed by atoms with Crippen LogP contribution in [-0.2, 0) is 124 Å². The smallest absolute Gasteiger partial charge is 2.00 e. The first kappa shape index (κ1) is 64.0. The quantitative estimate of drug-likeness (QED) is 0.203. The second kappa shape index (κ2) is 31.3. The largest absolute Gasteiger partial charge is 2.00 e. The molecular formula is C6Mn6N6O18Sr3. The van der Waals surface area contributed by atoms with E-state index >= 15 is 0 Å². The van der Waals surface area contributed by atoms with Gasteiger partial charge in [0.2, 0.25) is 0 Å². The van der Waals surface area contributed by atoms with E-state index in [9.17, 15) is 0 Å². The molecule has 0 radical (unpaired) electrons. The van der Waals surface area contributed by atoms with Crippen LogP contribution in [0.15, 0.2) is 0 Å². The molecule has 0 saturated carbocycles. The Balaban J connectivity index is -0.0000000390. The molecule has 0 unspecified atom stereocenters. The van der Waals surface area contributed by atoms with Crippen molar-refractivity contribution < 1.29 is 149 Å². The zero-order chi connectivity index (χ0) is 31.2. The van der Waals surface area contributed by atoms with Gasteiger partial charge < -0.3 is 0 Å². The molecule has 0 aromatic rings. The number of hydrogen-bond acceptors (Lipinski definition) is 24. The van der Waals surface area contributed by atoms with E-state index in [0.717, 1.165) is 0 Å². The van der Waals surface area contributed by atoms with Gasteiger partial charge in [0.25, 0.3) is 0 Å². The molecule has 210 valence electrons. The van der Waals surface area contributed by atoms with Gasteiger partial charge in [0.15, 0.2) is 0 Å². The molecule has 0 fully saturated rings. The topological polar surface area (TPSA) is 486 Å². The van der Waals surface area contributed by atoms with Gasteiger partial charge in [-0.2, -0.15) is 0 Å². The molecule has 0 N–H and O–H groups in total. The van der Waals surface area contributed by atoms with Crippen LogP contribution < -0.4 is 25.1 Å². The molecule has 0 atom stereocenters. The molecule has 0 aliphatic carbocycles. The average Bonchev–Trinajstić information content (AvgIpc) is 2.67. The van der Waals surface area contributed by atoms with E-state index in [-0.39, 0.29) is 136 Å². The minimum atomic E-state index is -5.09. The summed E-state index contributed by atoms with van der Waals surface area (Å²) >= 11 is -30.5. The van der Waals surface area contributed by atoms with Crippen LogP contribution in [0.5, 0.6) is 0 Å². The van der Waals surface area contributed by atoms with E-state index in [1.54, 1.807) is 0 Å². The normalized spacial score (nSPS) is 9.23. The Morgan fingerprint density at radius 2 is 0.308 bits per heavy atom. The first-order chi connectivity index (χ1) is 15.4. The molecule has 0 saturated heterocycles. The molecule has 0 rings (SSSR count). The van der Waals surface area contributed by atoms with Crippen molar-refractivity contribution >= 4 is 136 Å². The van der Waals surface area contributed by atoms with Crippen LogP contribution in [0.3, 0.4) is 0 Å². The third-order valence-corrected chi connectivity index (χ3v) is 2.56. The number of rotatable bonds is 0. The molecule has 0 heterocycles. The van der Waals surface area contributed by atoms with Gasteiger partial charge in [0, 0.05) is 0 Å². The molecule has 0 bridgehead atoms. The number of nitrogens with zero attached hydrogens (tertiary/aromatic N) is 6. The van der Waals surface area contributed by atoms with E-state index in [1.165, 1.54) is 0 Å². The Bertz CT molecular complexity index is 1300. The van der Waals surface area contributed by atoms with Crippen LogP contribution in [-0.4, -0.2) is 136 Å². The molecule has 0 aromatic heterocycles.